The molecule has 1 aliphatic heterocycles. The van der Waals surface area contributed by atoms with Crippen LogP contribution < -0.4 is 0 Å². The lowest BCUT2D eigenvalue weighted by molar-refractivity contribution is -0.120. The molecule has 0 aromatic carbocycles. The molecule has 0 bridgehead atoms. The zero-order valence-corrected chi connectivity index (χ0v) is 6.24. The third-order valence-corrected chi connectivity index (χ3v) is 1.74. The van der Waals surface area contributed by atoms with Gasteiger partial charge in [0.1, 0.15) is 5.78 Å². The van der Waals surface area contributed by atoms with E-state index in [0.29, 0.717) is 0 Å². The quantitative estimate of drug-likeness (QED) is 0.537. The first kappa shape index (κ1) is 7.19. The second kappa shape index (κ2) is 2.78. The third-order valence-electron chi connectivity index (χ3n) is 1.74. The van der Waals surface area contributed by atoms with Gasteiger partial charge in [-0.3, -0.25) is 9.79 Å². The molecule has 1 heterocycles. The predicted molar refractivity (Wildman–Crippen MR) is 41.0 cm³/mol. The van der Waals surface area contributed by atoms with Gasteiger partial charge >= 0.3 is 0 Å². The topological polar surface area (TPSA) is 29.4 Å². The summed E-state index contributed by atoms with van der Waals surface area (Å²) >= 11 is 0. The van der Waals surface area contributed by atoms with Gasteiger partial charge in [0, 0.05) is 24.3 Å². The molecular formula is C8H11NO. The molecule has 0 aromatic rings. The molecule has 54 valence electrons. The summed E-state index contributed by atoms with van der Waals surface area (Å²) in [6, 6.07) is 0. The van der Waals surface area contributed by atoms with Crippen LogP contribution in [0.4, 0.5) is 0 Å². The Morgan fingerprint density at radius 3 is 2.70 bits per heavy atom. The van der Waals surface area contributed by atoms with Crippen molar-refractivity contribution in [2.75, 3.05) is 0 Å². The average molecular weight is 137 g/mol. The van der Waals surface area contributed by atoms with Crippen LogP contribution in [0.5, 0.6) is 0 Å². The summed E-state index contributed by atoms with van der Waals surface area (Å²) < 4.78 is 0. The van der Waals surface area contributed by atoms with E-state index in [-0.39, 0.29) is 17.6 Å². The van der Waals surface area contributed by atoms with E-state index in [0.717, 1.165) is 0 Å². The van der Waals surface area contributed by atoms with Crippen LogP contribution in [0, 0.1) is 11.8 Å². The van der Waals surface area contributed by atoms with Gasteiger partial charge in [0.15, 0.2) is 0 Å². The van der Waals surface area contributed by atoms with E-state index in [1.807, 2.05) is 19.2 Å². The SMILES string of the molecule is CC(=O)C1C=CN=CC1C. The Hall–Kier alpha value is -0.920. The van der Waals surface area contributed by atoms with Crippen LogP contribution in [0.1, 0.15) is 13.8 Å². The van der Waals surface area contributed by atoms with Crippen LogP contribution in [-0.2, 0) is 4.79 Å². The van der Waals surface area contributed by atoms with Gasteiger partial charge in [-0.2, -0.15) is 0 Å². The Kier molecular flexibility index (Phi) is 2.00. The molecule has 2 unspecified atom stereocenters. The van der Waals surface area contributed by atoms with Crippen molar-refractivity contribution in [2.45, 2.75) is 13.8 Å². The van der Waals surface area contributed by atoms with E-state index in [9.17, 15) is 4.79 Å². The maximum Gasteiger partial charge on any atom is 0.137 e. The number of carbonyl (C=O) groups excluding carboxylic acids is 1. The fraction of sp³-hybridized carbons (Fsp3) is 0.500. The van der Waals surface area contributed by atoms with Crippen molar-refractivity contribution in [3.8, 4) is 0 Å². The highest BCUT2D eigenvalue weighted by Gasteiger charge is 2.18. The number of ketones is 1. The molecule has 0 fully saturated rings. The molecule has 1 aliphatic rings. The molecule has 1 rings (SSSR count). The predicted octanol–water partition coefficient (Wildman–Crippen LogP) is 1.43. The minimum Gasteiger partial charge on any atom is -0.299 e. The van der Waals surface area contributed by atoms with Crippen LogP contribution >= 0.6 is 0 Å². The highest BCUT2D eigenvalue weighted by atomic mass is 16.1. The standard InChI is InChI=1S/C8H11NO/c1-6-5-9-4-3-8(6)7(2)10/h3-6,8H,1-2H3. The lowest BCUT2D eigenvalue weighted by Gasteiger charge is -2.15. The average Bonchev–Trinajstić information content (AvgIpc) is 1.88. The maximum atomic E-state index is 10.9. The second-order valence-corrected chi connectivity index (χ2v) is 2.64. The van der Waals surface area contributed by atoms with E-state index >= 15 is 0 Å². The summed E-state index contributed by atoms with van der Waals surface area (Å²) in [7, 11) is 0. The summed E-state index contributed by atoms with van der Waals surface area (Å²) in [6.45, 7) is 3.61. The minimum absolute atomic E-state index is 0.0532. The number of aliphatic imine (C=N–C) groups is 1. The molecule has 0 N–H and O–H groups in total. The monoisotopic (exact) mass is 137 g/mol. The van der Waals surface area contributed by atoms with E-state index in [2.05, 4.69) is 4.99 Å². The molecule has 0 aromatic heterocycles. The largest absolute Gasteiger partial charge is 0.299 e. The Morgan fingerprint density at radius 1 is 1.60 bits per heavy atom. The number of allylic oxidation sites excluding steroid dienone is 1. The molecule has 2 nitrogen and oxygen atoms in total. The highest BCUT2D eigenvalue weighted by molar-refractivity contribution is 5.84. The van der Waals surface area contributed by atoms with Gasteiger partial charge in [0.2, 0.25) is 0 Å². The molecular weight excluding hydrogens is 126 g/mol. The van der Waals surface area contributed by atoms with Crippen molar-refractivity contribution in [1.82, 2.24) is 0 Å². The number of rotatable bonds is 1. The summed E-state index contributed by atoms with van der Waals surface area (Å²) in [6.07, 6.45) is 5.35. The van der Waals surface area contributed by atoms with Crippen molar-refractivity contribution in [3.63, 3.8) is 0 Å². The van der Waals surface area contributed by atoms with Gasteiger partial charge in [-0.25, -0.2) is 0 Å². The van der Waals surface area contributed by atoms with Crippen molar-refractivity contribution in [3.05, 3.63) is 12.3 Å². The maximum absolute atomic E-state index is 10.9. The number of nitrogens with zero attached hydrogens (tertiary/aromatic N) is 1. The van der Waals surface area contributed by atoms with Crippen molar-refractivity contribution in [1.29, 1.82) is 0 Å². The van der Waals surface area contributed by atoms with Gasteiger partial charge in [0.05, 0.1) is 0 Å². The Labute approximate surface area is 60.7 Å². The van der Waals surface area contributed by atoms with E-state index in [1.54, 1.807) is 13.1 Å². The third kappa shape index (κ3) is 1.32. The normalized spacial score (nSPS) is 30.6. The van der Waals surface area contributed by atoms with E-state index in [1.165, 1.54) is 0 Å². The van der Waals surface area contributed by atoms with Gasteiger partial charge in [-0.05, 0) is 6.92 Å². The lowest BCUT2D eigenvalue weighted by atomic mass is 9.90. The van der Waals surface area contributed by atoms with Crippen LogP contribution in [0.25, 0.3) is 0 Å². The molecule has 0 aliphatic carbocycles. The van der Waals surface area contributed by atoms with E-state index < -0.39 is 0 Å². The zero-order valence-electron chi connectivity index (χ0n) is 6.24. The molecule has 0 amide bonds. The Balaban J connectivity index is 2.70. The van der Waals surface area contributed by atoms with Gasteiger partial charge < -0.3 is 0 Å². The van der Waals surface area contributed by atoms with Crippen LogP contribution in [-0.4, -0.2) is 12.0 Å². The van der Waals surface area contributed by atoms with E-state index in [4.69, 9.17) is 0 Å². The zero-order chi connectivity index (χ0) is 7.56. The summed E-state index contributed by atoms with van der Waals surface area (Å²) in [5, 5.41) is 0. The smallest absolute Gasteiger partial charge is 0.137 e. The molecule has 2 heteroatoms. The van der Waals surface area contributed by atoms with Crippen LogP contribution in [0.15, 0.2) is 17.3 Å². The molecule has 0 saturated heterocycles. The Morgan fingerprint density at radius 2 is 2.30 bits per heavy atom. The Bertz CT molecular complexity index is 193. The highest BCUT2D eigenvalue weighted by Crippen LogP contribution is 2.15. The number of Topliss-reactive ketones (excluding diaryl/α,β-unsaturated/α-hetero) is 1. The summed E-state index contributed by atoms with van der Waals surface area (Å²) in [5.41, 5.74) is 0. The van der Waals surface area contributed by atoms with Crippen LogP contribution in [0.3, 0.4) is 0 Å². The molecule has 0 saturated carbocycles. The summed E-state index contributed by atoms with van der Waals surface area (Å²) in [4.78, 5) is 14.8. The first-order chi connectivity index (χ1) is 4.72. The van der Waals surface area contributed by atoms with Crippen molar-refractivity contribution in [2.24, 2.45) is 16.8 Å². The molecule has 2 atom stereocenters. The first-order valence-corrected chi connectivity index (χ1v) is 3.42. The first-order valence-electron chi connectivity index (χ1n) is 3.42. The van der Waals surface area contributed by atoms with Crippen molar-refractivity contribution >= 4 is 12.0 Å². The molecule has 0 radical (unpaired) electrons. The lowest BCUT2D eigenvalue weighted by Crippen LogP contribution is -2.19. The molecule has 10 heavy (non-hydrogen) atoms. The van der Waals surface area contributed by atoms with Crippen molar-refractivity contribution < 1.29 is 4.79 Å². The molecule has 0 spiro atoms. The van der Waals surface area contributed by atoms with Gasteiger partial charge in [-0.15, -0.1) is 0 Å². The van der Waals surface area contributed by atoms with Gasteiger partial charge in [-0.1, -0.05) is 13.0 Å². The second-order valence-electron chi connectivity index (χ2n) is 2.64. The summed E-state index contributed by atoms with van der Waals surface area (Å²) in [5.74, 6) is 0.537. The minimum atomic E-state index is 0.0532. The number of carbonyl (C=O) groups is 1. The fourth-order valence-corrected chi connectivity index (χ4v) is 1.10. The fourth-order valence-electron chi connectivity index (χ4n) is 1.10. The van der Waals surface area contributed by atoms with Gasteiger partial charge in [0.25, 0.3) is 0 Å². The number of hydrogen-bond donors (Lipinski definition) is 0. The van der Waals surface area contributed by atoms with Crippen LogP contribution in [0.2, 0.25) is 0 Å². The number of hydrogen-bond acceptors (Lipinski definition) is 2.